The summed E-state index contributed by atoms with van der Waals surface area (Å²) >= 11 is 0. The summed E-state index contributed by atoms with van der Waals surface area (Å²) in [5, 5.41) is 3.63. The number of hydrogen-bond donors (Lipinski definition) is 1. The Hall–Kier alpha value is -0.0800. The lowest BCUT2D eigenvalue weighted by Crippen LogP contribution is -2.57. The molecule has 0 spiro atoms. The maximum absolute atomic E-state index is 3.63. The molecule has 2 heteroatoms. The smallest absolute Gasteiger partial charge is 0.0195 e. The molecule has 0 radical (unpaired) electrons. The molecule has 0 aromatic rings. The van der Waals surface area contributed by atoms with Crippen molar-refractivity contribution in [2.24, 2.45) is 5.92 Å². The molecule has 96 valence electrons. The Morgan fingerprint density at radius 3 is 2.50 bits per heavy atom. The van der Waals surface area contributed by atoms with Gasteiger partial charge in [-0.2, -0.15) is 0 Å². The van der Waals surface area contributed by atoms with E-state index in [1.807, 2.05) is 0 Å². The molecular weight excluding hydrogens is 196 g/mol. The molecule has 16 heavy (non-hydrogen) atoms. The molecule has 1 aliphatic heterocycles. The highest BCUT2D eigenvalue weighted by atomic mass is 15.2. The summed E-state index contributed by atoms with van der Waals surface area (Å²) in [4.78, 5) is 2.70. The summed E-state index contributed by atoms with van der Waals surface area (Å²) in [5.74, 6) is 0.836. The fraction of sp³-hybridized carbons (Fsp3) is 1.00. The van der Waals surface area contributed by atoms with E-state index in [0.29, 0.717) is 12.1 Å². The summed E-state index contributed by atoms with van der Waals surface area (Å²) < 4.78 is 0. The molecular formula is C14H30N2. The Labute approximate surface area is 102 Å². The van der Waals surface area contributed by atoms with Crippen LogP contribution in [-0.4, -0.2) is 36.1 Å². The van der Waals surface area contributed by atoms with E-state index in [4.69, 9.17) is 0 Å². The SMILES string of the molecule is CCC1CN(C(C)CCC(C)C)C(C)CN1. The molecule has 2 nitrogen and oxygen atoms in total. The average molecular weight is 226 g/mol. The first-order valence-corrected chi connectivity index (χ1v) is 7.03. The summed E-state index contributed by atoms with van der Waals surface area (Å²) in [5.41, 5.74) is 0. The van der Waals surface area contributed by atoms with Gasteiger partial charge in [0.05, 0.1) is 0 Å². The topological polar surface area (TPSA) is 15.3 Å². The molecule has 0 aliphatic carbocycles. The van der Waals surface area contributed by atoms with Gasteiger partial charge in [0, 0.05) is 31.2 Å². The van der Waals surface area contributed by atoms with Crippen LogP contribution in [-0.2, 0) is 0 Å². The summed E-state index contributed by atoms with van der Waals surface area (Å²) in [7, 11) is 0. The molecule has 3 unspecified atom stereocenters. The van der Waals surface area contributed by atoms with Crippen molar-refractivity contribution in [1.29, 1.82) is 0 Å². The Bertz CT molecular complexity index is 191. The Balaban J connectivity index is 2.42. The lowest BCUT2D eigenvalue weighted by Gasteiger charge is -2.42. The zero-order chi connectivity index (χ0) is 12.1. The van der Waals surface area contributed by atoms with E-state index in [2.05, 4.69) is 44.8 Å². The van der Waals surface area contributed by atoms with Gasteiger partial charge in [0.1, 0.15) is 0 Å². The van der Waals surface area contributed by atoms with Crippen LogP contribution in [0.3, 0.4) is 0 Å². The van der Waals surface area contributed by atoms with Gasteiger partial charge in [0.15, 0.2) is 0 Å². The highest BCUT2D eigenvalue weighted by Gasteiger charge is 2.27. The molecule has 0 aromatic heterocycles. The predicted molar refractivity (Wildman–Crippen MR) is 71.8 cm³/mol. The normalized spacial score (nSPS) is 29.6. The maximum Gasteiger partial charge on any atom is 0.0195 e. The average Bonchev–Trinajstić information content (AvgIpc) is 2.26. The van der Waals surface area contributed by atoms with Crippen LogP contribution in [0.2, 0.25) is 0 Å². The molecule has 0 saturated carbocycles. The van der Waals surface area contributed by atoms with E-state index >= 15 is 0 Å². The van der Waals surface area contributed by atoms with Gasteiger partial charge in [-0.1, -0.05) is 20.8 Å². The van der Waals surface area contributed by atoms with Gasteiger partial charge in [-0.15, -0.1) is 0 Å². The minimum atomic E-state index is 0.699. The van der Waals surface area contributed by atoms with E-state index in [1.54, 1.807) is 0 Å². The van der Waals surface area contributed by atoms with Crippen LogP contribution < -0.4 is 5.32 Å². The standard InChI is InChI=1S/C14H30N2/c1-6-14-10-16(13(5)9-15-14)12(4)8-7-11(2)3/h11-15H,6-10H2,1-5H3. The lowest BCUT2D eigenvalue weighted by atomic mass is 9.99. The Morgan fingerprint density at radius 1 is 1.25 bits per heavy atom. The van der Waals surface area contributed by atoms with Gasteiger partial charge in [-0.25, -0.2) is 0 Å². The Kier molecular flexibility index (Phi) is 5.77. The molecule has 1 N–H and O–H groups in total. The third-order valence-corrected chi connectivity index (χ3v) is 3.92. The first-order chi connectivity index (χ1) is 7.54. The molecule has 3 atom stereocenters. The van der Waals surface area contributed by atoms with Crippen molar-refractivity contribution in [1.82, 2.24) is 10.2 Å². The van der Waals surface area contributed by atoms with Crippen LogP contribution >= 0.6 is 0 Å². The number of rotatable bonds is 5. The second kappa shape index (κ2) is 6.61. The third-order valence-electron chi connectivity index (χ3n) is 3.92. The van der Waals surface area contributed by atoms with E-state index in [1.165, 1.54) is 25.8 Å². The first kappa shape index (κ1) is 14.0. The number of piperazine rings is 1. The highest BCUT2D eigenvalue weighted by molar-refractivity contribution is 4.86. The van der Waals surface area contributed by atoms with Crippen molar-refractivity contribution in [2.45, 2.75) is 72.0 Å². The predicted octanol–water partition coefficient (Wildman–Crippen LogP) is 2.88. The van der Waals surface area contributed by atoms with Crippen molar-refractivity contribution >= 4 is 0 Å². The summed E-state index contributed by atoms with van der Waals surface area (Å²) in [6, 6.07) is 2.15. The number of nitrogens with one attached hydrogen (secondary N) is 1. The van der Waals surface area contributed by atoms with Crippen molar-refractivity contribution < 1.29 is 0 Å². The minimum Gasteiger partial charge on any atom is -0.311 e. The lowest BCUT2D eigenvalue weighted by molar-refractivity contribution is 0.0903. The van der Waals surface area contributed by atoms with Gasteiger partial charge >= 0.3 is 0 Å². The first-order valence-electron chi connectivity index (χ1n) is 7.03. The van der Waals surface area contributed by atoms with Crippen molar-refractivity contribution in [3.8, 4) is 0 Å². The zero-order valence-electron chi connectivity index (χ0n) is 11.8. The molecule has 1 saturated heterocycles. The van der Waals surface area contributed by atoms with Gasteiger partial charge in [-0.3, -0.25) is 4.90 Å². The summed E-state index contributed by atoms with van der Waals surface area (Å²) in [6.07, 6.45) is 3.95. The fourth-order valence-electron chi connectivity index (χ4n) is 2.58. The van der Waals surface area contributed by atoms with Crippen LogP contribution in [0.1, 0.15) is 53.9 Å². The number of nitrogens with zero attached hydrogens (tertiary/aromatic N) is 1. The van der Waals surface area contributed by atoms with Crippen LogP contribution in [0.15, 0.2) is 0 Å². The molecule has 0 amide bonds. The van der Waals surface area contributed by atoms with Gasteiger partial charge in [0.2, 0.25) is 0 Å². The van der Waals surface area contributed by atoms with Crippen molar-refractivity contribution in [3.05, 3.63) is 0 Å². The molecule has 0 bridgehead atoms. The summed E-state index contributed by atoms with van der Waals surface area (Å²) in [6.45, 7) is 14.1. The van der Waals surface area contributed by atoms with Gasteiger partial charge < -0.3 is 5.32 Å². The van der Waals surface area contributed by atoms with Crippen LogP contribution in [0.4, 0.5) is 0 Å². The minimum absolute atomic E-state index is 0.699. The van der Waals surface area contributed by atoms with E-state index in [-0.39, 0.29) is 0 Å². The maximum atomic E-state index is 3.63. The van der Waals surface area contributed by atoms with Crippen LogP contribution in [0.25, 0.3) is 0 Å². The number of hydrogen-bond acceptors (Lipinski definition) is 2. The van der Waals surface area contributed by atoms with Gasteiger partial charge in [-0.05, 0) is 39.0 Å². The second-order valence-corrected chi connectivity index (χ2v) is 5.88. The van der Waals surface area contributed by atoms with E-state index in [0.717, 1.165) is 18.5 Å². The fourth-order valence-corrected chi connectivity index (χ4v) is 2.58. The second-order valence-electron chi connectivity index (χ2n) is 5.88. The molecule has 1 aliphatic rings. The molecule has 1 fully saturated rings. The molecule has 1 heterocycles. The van der Waals surface area contributed by atoms with Gasteiger partial charge in [0.25, 0.3) is 0 Å². The quantitative estimate of drug-likeness (QED) is 0.775. The Morgan fingerprint density at radius 2 is 1.94 bits per heavy atom. The highest BCUT2D eigenvalue weighted by Crippen LogP contribution is 2.17. The van der Waals surface area contributed by atoms with Crippen molar-refractivity contribution in [2.75, 3.05) is 13.1 Å². The van der Waals surface area contributed by atoms with E-state index in [9.17, 15) is 0 Å². The zero-order valence-corrected chi connectivity index (χ0v) is 11.8. The monoisotopic (exact) mass is 226 g/mol. The van der Waals surface area contributed by atoms with Crippen LogP contribution in [0, 0.1) is 5.92 Å². The van der Waals surface area contributed by atoms with Crippen molar-refractivity contribution in [3.63, 3.8) is 0 Å². The van der Waals surface area contributed by atoms with E-state index < -0.39 is 0 Å². The molecule has 0 aromatic carbocycles. The largest absolute Gasteiger partial charge is 0.311 e. The molecule has 1 rings (SSSR count). The third kappa shape index (κ3) is 4.06. The van der Waals surface area contributed by atoms with Crippen LogP contribution in [0.5, 0.6) is 0 Å².